The Hall–Kier alpha value is -1.77. The Morgan fingerprint density at radius 1 is 1.30 bits per heavy atom. The molecular formula is C14H18F3N3O2S. The molecule has 0 amide bonds. The van der Waals surface area contributed by atoms with Crippen LogP contribution in [0.2, 0.25) is 0 Å². The molecule has 2 rings (SSSR count). The second-order valence-electron chi connectivity index (χ2n) is 5.47. The molecule has 9 heteroatoms. The standard InChI is InChI=1S/C14H18F3N3O2S/c1-20-5-3-4-18-13(20)19-9-10-6-11(14(15,16)17)8-12(7-10)23(2,21)22/h6-8H,3-5,9H2,1-2H3,(H,18,19). The maximum atomic E-state index is 12.9. The van der Waals surface area contributed by atoms with E-state index in [2.05, 4.69) is 10.3 Å². The van der Waals surface area contributed by atoms with Crippen molar-refractivity contribution in [3.63, 3.8) is 0 Å². The van der Waals surface area contributed by atoms with Gasteiger partial charge in [0.05, 0.1) is 10.5 Å². The Bertz CT molecular complexity index is 714. The van der Waals surface area contributed by atoms with E-state index in [9.17, 15) is 21.6 Å². The summed E-state index contributed by atoms with van der Waals surface area (Å²) in [6.45, 7) is 1.53. The fourth-order valence-electron chi connectivity index (χ4n) is 2.23. The average molecular weight is 349 g/mol. The fraction of sp³-hybridized carbons (Fsp3) is 0.500. The summed E-state index contributed by atoms with van der Waals surface area (Å²) in [5, 5.41) is 2.96. The second-order valence-corrected chi connectivity index (χ2v) is 7.49. The Labute approximate surface area is 133 Å². The molecule has 0 atom stereocenters. The topological polar surface area (TPSA) is 61.8 Å². The quantitative estimate of drug-likeness (QED) is 0.905. The van der Waals surface area contributed by atoms with Crippen molar-refractivity contribution in [3.05, 3.63) is 29.3 Å². The number of halogens is 3. The SMILES string of the molecule is CN1CCCN=C1NCc1cc(C(F)(F)F)cc(S(C)(=O)=O)c1. The highest BCUT2D eigenvalue weighted by Crippen LogP contribution is 2.31. The molecule has 1 aromatic rings. The van der Waals surface area contributed by atoms with Crippen LogP contribution >= 0.6 is 0 Å². The van der Waals surface area contributed by atoms with E-state index in [4.69, 9.17) is 0 Å². The van der Waals surface area contributed by atoms with Gasteiger partial charge in [-0.15, -0.1) is 0 Å². The molecule has 0 saturated heterocycles. The van der Waals surface area contributed by atoms with Crippen LogP contribution < -0.4 is 5.32 Å². The summed E-state index contributed by atoms with van der Waals surface area (Å²) < 4.78 is 62.0. The van der Waals surface area contributed by atoms with Crippen molar-refractivity contribution in [2.24, 2.45) is 4.99 Å². The fourth-order valence-corrected chi connectivity index (χ4v) is 2.94. The van der Waals surface area contributed by atoms with Gasteiger partial charge in [0.2, 0.25) is 0 Å². The summed E-state index contributed by atoms with van der Waals surface area (Å²) in [5.41, 5.74) is -0.738. The number of alkyl halides is 3. The highest BCUT2D eigenvalue weighted by molar-refractivity contribution is 7.90. The largest absolute Gasteiger partial charge is 0.416 e. The maximum Gasteiger partial charge on any atom is 0.416 e. The van der Waals surface area contributed by atoms with Crippen molar-refractivity contribution < 1.29 is 21.6 Å². The summed E-state index contributed by atoms with van der Waals surface area (Å²) in [5.74, 6) is 0.592. The van der Waals surface area contributed by atoms with E-state index in [-0.39, 0.29) is 17.0 Å². The smallest absolute Gasteiger partial charge is 0.352 e. The minimum Gasteiger partial charge on any atom is -0.352 e. The van der Waals surface area contributed by atoms with Gasteiger partial charge >= 0.3 is 6.18 Å². The van der Waals surface area contributed by atoms with Crippen molar-refractivity contribution in [2.45, 2.75) is 24.0 Å². The lowest BCUT2D eigenvalue weighted by Crippen LogP contribution is -2.41. The Balaban J connectivity index is 2.29. The number of hydrogen-bond donors (Lipinski definition) is 1. The van der Waals surface area contributed by atoms with Gasteiger partial charge in [0.1, 0.15) is 0 Å². The van der Waals surface area contributed by atoms with E-state index >= 15 is 0 Å². The van der Waals surface area contributed by atoms with Gasteiger partial charge in [0, 0.05) is 32.9 Å². The van der Waals surface area contributed by atoms with E-state index in [0.29, 0.717) is 18.6 Å². The van der Waals surface area contributed by atoms with Gasteiger partial charge < -0.3 is 10.2 Å². The van der Waals surface area contributed by atoms with Crippen LogP contribution in [0.4, 0.5) is 13.2 Å². The van der Waals surface area contributed by atoms with E-state index in [0.717, 1.165) is 25.3 Å². The summed E-state index contributed by atoms with van der Waals surface area (Å²) in [6.07, 6.45) is -2.79. The number of guanidine groups is 1. The van der Waals surface area contributed by atoms with Crippen LogP contribution in [0, 0.1) is 0 Å². The van der Waals surface area contributed by atoms with E-state index in [1.54, 1.807) is 0 Å². The number of benzene rings is 1. The van der Waals surface area contributed by atoms with Crippen molar-refractivity contribution >= 4 is 15.8 Å². The predicted molar refractivity (Wildman–Crippen MR) is 80.9 cm³/mol. The van der Waals surface area contributed by atoms with Gasteiger partial charge in [0.15, 0.2) is 15.8 Å². The molecule has 1 aliphatic heterocycles. The lowest BCUT2D eigenvalue weighted by Gasteiger charge is -2.25. The molecule has 23 heavy (non-hydrogen) atoms. The molecule has 1 aromatic carbocycles. The van der Waals surface area contributed by atoms with Crippen LogP contribution in [0.5, 0.6) is 0 Å². The number of sulfone groups is 1. The Morgan fingerprint density at radius 2 is 2.00 bits per heavy atom. The molecule has 1 aliphatic rings. The third-order valence-corrected chi connectivity index (χ3v) is 4.54. The molecule has 0 radical (unpaired) electrons. The highest BCUT2D eigenvalue weighted by Gasteiger charge is 2.32. The van der Waals surface area contributed by atoms with Crippen molar-refractivity contribution in [2.75, 3.05) is 26.4 Å². The Kier molecular flexibility index (Phi) is 4.88. The highest BCUT2D eigenvalue weighted by atomic mass is 32.2. The van der Waals surface area contributed by atoms with Gasteiger partial charge in [-0.1, -0.05) is 0 Å². The van der Waals surface area contributed by atoms with Gasteiger partial charge in [-0.2, -0.15) is 13.2 Å². The molecule has 1 N–H and O–H groups in total. The molecular weight excluding hydrogens is 331 g/mol. The van der Waals surface area contributed by atoms with E-state index in [1.165, 1.54) is 6.07 Å². The van der Waals surface area contributed by atoms with Gasteiger partial charge in [-0.25, -0.2) is 8.42 Å². The van der Waals surface area contributed by atoms with E-state index in [1.807, 2.05) is 11.9 Å². The average Bonchev–Trinajstić information content (AvgIpc) is 2.44. The molecule has 0 fully saturated rings. The number of aliphatic imine (C=N–C) groups is 1. The number of hydrogen-bond acceptors (Lipinski definition) is 5. The van der Waals surface area contributed by atoms with Crippen LogP contribution in [0.15, 0.2) is 28.1 Å². The zero-order chi connectivity index (χ0) is 17.3. The zero-order valence-corrected chi connectivity index (χ0v) is 13.6. The Morgan fingerprint density at radius 3 is 2.57 bits per heavy atom. The third kappa shape index (κ3) is 4.60. The molecule has 0 saturated carbocycles. The first-order valence-corrected chi connectivity index (χ1v) is 8.87. The predicted octanol–water partition coefficient (Wildman–Crippen LogP) is 1.89. The first-order valence-electron chi connectivity index (χ1n) is 6.98. The molecule has 1 heterocycles. The molecule has 128 valence electrons. The van der Waals surface area contributed by atoms with Gasteiger partial charge in [-0.05, 0) is 30.2 Å². The van der Waals surface area contributed by atoms with E-state index < -0.39 is 21.6 Å². The van der Waals surface area contributed by atoms with Crippen LogP contribution in [-0.2, 0) is 22.6 Å². The van der Waals surface area contributed by atoms with Crippen LogP contribution in [-0.4, -0.2) is 45.7 Å². The monoisotopic (exact) mass is 349 g/mol. The molecule has 0 spiro atoms. The molecule has 5 nitrogen and oxygen atoms in total. The number of nitrogens with zero attached hydrogens (tertiary/aromatic N) is 2. The first kappa shape index (κ1) is 17.6. The minimum absolute atomic E-state index is 0.0651. The summed E-state index contributed by atoms with van der Waals surface area (Å²) in [4.78, 5) is 5.78. The second kappa shape index (κ2) is 6.38. The van der Waals surface area contributed by atoms with Gasteiger partial charge in [-0.3, -0.25) is 4.99 Å². The molecule has 0 aliphatic carbocycles. The lowest BCUT2D eigenvalue weighted by molar-refractivity contribution is -0.137. The zero-order valence-electron chi connectivity index (χ0n) is 12.8. The van der Waals surface area contributed by atoms with Crippen molar-refractivity contribution in [3.8, 4) is 0 Å². The van der Waals surface area contributed by atoms with Crippen LogP contribution in [0.25, 0.3) is 0 Å². The lowest BCUT2D eigenvalue weighted by atomic mass is 10.1. The number of nitrogens with one attached hydrogen (secondary N) is 1. The molecule has 0 bridgehead atoms. The molecule has 0 aromatic heterocycles. The number of rotatable bonds is 3. The van der Waals surface area contributed by atoms with Crippen LogP contribution in [0.1, 0.15) is 17.5 Å². The summed E-state index contributed by atoms with van der Waals surface area (Å²) in [6, 6.07) is 2.86. The van der Waals surface area contributed by atoms with Crippen LogP contribution in [0.3, 0.4) is 0 Å². The third-order valence-electron chi connectivity index (χ3n) is 3.45. The normalized spacial score (nSPS) is 16.2. The maximum absolute atomic E-state index is 12.9. The first-order chi connectivity index (χ1) is 10.6. The van der Waals surface area contributed by atoms with Gasteiger partial charge in [0.25, 0.3) is 0 Å². The van der Waals surface area contributed by atoms with Crippen molar-refractivity contribution in [1.82, 2.24) is 10.2 Å². The summed E-state index contributed by atoms with van der Waals surface area (Å²) in [7, 11) is -1.90. The summed E-state index contributed by atoms with van der Waals surface area (Å²) >= 11 is 0. The molecule has 0 unspecified atom stereocenters. The minimum atomic E-state index is -4.60. The van der Waals surface area contributed by atoms with Crippen molar-refractivity contribution in [1.29, 1.82) is 0 Å².